The van der Waals surface area contributed by atoms with E-state index in [2.05, 4.69) is 4.72 Å². The van der Waals surface area contributed by atoms with E-state index in [0.717, 1.165) is 18.4 Å². The average Bonchev–Trinajstić information content (AvgIpc) is 3.40. The fourth-order valence-corrected chi connectivity index (χ4v) is 5.21. The highest BCUT2D eigenvalue weighted by molar-refractivity contribution is 7.90. The highest BCUT2D eigenvalue weighted by Crippen LogP contribution is 2.28. The minimum atomic E-state index is -3.81. The summed E-state index contributed by atoms with van der Waals surface area (Å²) in [6, 6.07) is 6.19. The molecule has 1 heterocycles. The number of aryl methyl sites for hydroxylation is 1. The number of sulfonamides is 1. The summed E-state index contributed by atoms with van der Waals surface area (Å²) in [6.07, 6.45) is 2.22. The van der Waals surface area contributed by atoms with Crippen LogP contribution in [0.2, 0.25) is 0 Å². The Morgan fingerprint density at radius 2 is 1.76 bits per heavy atom. The number of hydrogen-bond acceptors (Lipinski definition) is 6. The minimum Gasteiger partial charge on any atom is -0.374 e. The van der Waals surface area contributed by atoms with Crippen LogP contribution in [0.3, 0.4) is 0 Å². The third-order valence-corrected chi connectivity index (χ3v) is 7.69. The Kier molecular flexibility index (Phi) is 5.50. The van der Waals surface area contributed by atoms with Crippen LogP contribution in [0.5, 0.6) is 0 Å². The topological polar surface area (TPSA) is 98.8 Å². The van der Waals surface area contributed by atoms with Crippen LogP contribution in [0.1, 0.15) is 31.2 Å². The van der Waals surface area contributed by atoms with Crippen LogP contribution in [-0.4, -0.2) is 47.4 Å². The van der Waals surface area contributed by atoms with Gasteiger partial charge in [-0.05, 0) is 44.7 Å². The smallest absolute Gasteiger partial charge is 0.297 e. The molecule has 0 amide bonds. The molecule has 1 N–H and O–H groups in total. The first kappa shape index (κ1) is 18.8. The Balaban J connectivity index is 1.46. The molecule has 1 saturated heterocycles. The number of rotatable bonds is 7. The van der Waals surface area contributed by atoms with Crippen molar-refractivity contribution in [2.75, 3.05) is 13.2 Å². The number of ether oxygens (including phenoxy) is 1. The summed E-state index contributed by atoms with van der Waals surface area (Å²) in [5.74, 6) is 0. The summed E-state index contributed by atoms with van der Waals surface area (Å²) >= 11 is 0. The van der Waals surface area contributed by atoms with Crippen LogP contribution < -0.4 is 4.72 Å². The van der Waals surface area contributed by atoms with Crippen molar-refractivity contribution >= 4 is 20.1 Å². The molecule has 0 radical (unpaired) electrons. The largest absolute Gasteiger partial charge is 0.374 e. The number of hydrogen-bond donors (Lipinski definition) is 1. The van der Waals surface area contributed by atoms with Crippen molar-refractivity contribution in [2.24, 2.45) is 0 Å². The molecule has 1 aromatic carbocycles. The maximum Gasteiger partial charge on any atom is 0.297 e. The second kappa shape index (κ2) is 7.32. The van der Waals surface area contributed by atoms with Crippen molar-refractivity contribution in [1.29, 1.82) is 0 Å². The van der Waals surface area contributed by atoms with Gasteiger partial charge in [0.15, 0.2) is 0 Å². The van der Waals surface area contributed by atoms with Crippen molar-refractivity contribution in [1.82, 2.24) is 4.72 Å². The molecule has 7 nitrogen and oxygen atoms in total. The van der Waals surface area contributed by atoms with Crippen LogP contribution in [0.25, 0.3) is 0 Å². The lowest BCUT2D eigenvalue weighted by atomic mass is 10.1. The van der Waals surface area contributed by atoms with Gasteiger partial charge in [0.2, 0.25) is 10.0 Å². The second-order valence-electron chi connectivity index (χ2n) is 6.64. The second-order valence-corrected chi connectivity index (χ2v) is 10.3. The lowest BCUT2D eigenvalue weighted by Crippen LogP contribution is -2.44. The zero-order valence-corrected chi connectivity index (χ0v) is 15.7. The van der Waals surface area contributed by atoms with E-state index in [1.54, 1.807) is 12.1 Å². The van der Waals surface area contributed by atoms with Crippen molar-refractivity contribution in [3.05, 3.63) is 29.8 Å². The number of nitrogens with one attached hydrogen (secondary N) is 1. The summed E-state index contributed by atoms with van der Waals surface area (Å²) in [7, 11) is -7.05. The fourth-order valence-electron chi connectivity index (χ4n) is 2.68. The van der Waals surface area contributed by atoms with E-state index >= 15 is 0 Å². The van der Waals surface area contributed by atoms with Crippen molar-refractivity contribution in [3.63, 3.8) is 0 Å². The molecule has 1 aliphatic carbocycles. The molecule has 3 rings (SSSR count). The number of benzene rings is 1. The third kappa shape index (κ3) is 5.01. The fraction of sp³-hybridized carbons (Fsp3) is 0.625. The SMILES string of the molecule is Cc1ccc(S(=O)(=O)OC[C@@H]2CC[C@@H](NS(=O)(=O)C3CC3)CO2)cc1. The summed E-state index contributed by atoms with van der Waals surface area (Å²) in [4.78, 5) is 0.115. The van der Waals surface area contributed by atoms with Gasteiger partial charge in [-0.1, -0.05) is 17.7 Å². The van der Waals surface area contributed by atoms with Crippen LogP contribution in [-0.2, 0) is 29.1 Å². The van der Waals surface area contributed by atoms with Gasteiger partial charge in [-0.2, -0.15) is 8.42 Å². The van der Waals surface area contributed by atoms with Gasteiger partial charge in [-0.25, -0.2) is 13.1 Å². The molecule has 9 heteroatoms. The molecule has 1 aliphatic heterocycles. The quantitative estimate of drug-likeness (QED) is 0.707. The molecule has 0 aromatic heterocycles. The molecule has 2 fully saturated rings. The van der Waals surface area contributed by atoms with E-state index in [-0.39, 0.29) is 35.5 Å². The summed E-state index contributed by atoms with van der Waals surface area (Å²) < 4.78 is 61.4. The standard InChI is InChI=1S/C16H23NO6S2/c1-12-2-6-16(7-3-12)25(20,21)23-11-14-5-4-13(10-22-14)17-24(18,19)15-8-9-15/h2-3,6-7,13-15,17H,4-5,8-11H2,1H3/t13-,14+/m1/s1. The summed E-state index contributed by atoms with van der Waals surface area (Å²) in [6.45, 7) is 2.03. The Morgan fingerprint density at radius 3 is 2.32 bits per heavy atom. The van der Waals surface area contributed by atoms with Crippen LogP contribution >= 0.6 is 0 Å². The molecular weight excluding hydrogens is 366 g/mol. The normalized spacial score (nSPS) is 25.0. The Morgan fingerprint density at radius 1 is 1.08 bits per heavy atom. The molecule has 0 spiro atoms. The van der Waals surface area contributed by atoms with E-state index in [1.165, 1.54) is 12.1 Å². The van der Waals surface area contributed by atoms with E-state index in [0.29, 0.717) is 12.8 Å². The van der Waals surface area contributed by atoms with Gasteiger partial charge < -0.3 is 4.74 Å². The van der Waals surface area contributed by atoms with Gasteiger partial charge >= 0.3 is 0 Å². The van der Waals surface area contributed by atoms with Gasteiger partial charge in [0, 0.05) is 6.04 Å². The molecule has 0 bridgehead atoms. The van der Waals surface area contributed by atoms with E-state index in [4.69, 9.17) is 8.92 Å². The molecule has 2 atom stereocenters. The maximum absolute atomic E-state index is 12.2. The van der Waals surface area contributed by atoms with Crippen LogP contribution in [0.15, 0.2) is 29.2 Å². The third-order valence-electron chi connectivity index (χ3n) is 4.38. The molecule has 25 heavy (non-hydrogen) atoms. The molecule has 0 unspecified atom stereocenters. The van der Waals surface area contributed by atoms with Crippen molar-refractivity contribution < 1.29 is 25.8 Å². The summed E-state index contributed by atoms with van der Waals surface area (Å²) in [5.41, 5.74) is 0.967. The zero-order chi connectivity index (χ0) is 18.1. The molecule has 2 aliphatic rings. The van der Waals surface area contributed by atoms with Gasteiger partial charge in [0.25, 0.3) is 10.1 Å². The van der Waals surface area contributed by atoms with E-state index < -0.39 is 20.1 Å². The maximum atomic E-state index is 12.2. The van der Waals surface area contributed by atoms with Crippen LogP contribution in [0, 0.1) is 6.92 Å². The monoisotopic (exact) mass is 389 g/mol. The molecular formula is C16H23NO6S2. The lowest BCUT2D eigenvalue weighted by Gasteiger charge is -2.29. The first-order valence-corrected chi connectivity index (χ1v) is 11.3. The predicted molar refractivity (Wildman–Crippen MR) is 92.2 cm³/mol. The van der Waals surface area contributed by atoms with Crippen molar-refractivity contribution in [3.8, 4) is 0 Å². The van der Waals surface area contributed by atoms with E-state index in [9.17, 15) is 16.8 Å². The Labute approximate surface area is 148 Å². The van der Waals surface area contributed by atoms with Gasteiger partial charge in [-0.15, -0.1) is 0 Å². The first-order chi connectivity index (χ1) is 11.8. The van der Waals surface area contributed by atoms with Gasteiger partial charge in [0.05, 0.1) is 29.5 Å². The first-order valence-electron chi connectivity index (χ1n) is 8.35. The van der Waals surface area contributed by atoms with Crippen molar-refractivity contribution in [2.45, 2.75) is 54.9 Å². The Hall–Kier alpha value is -1.00. The molecule has 1 saturated carbocycles. The average molecular weight is 389 g/mol. The van der Waals surface area contributed by atoms with Gasteiger partial charge in [-0.3, -0.25) is 4.18 Å². The van der Waals surface area contributed by atoms with Crippen LogP contribution in [0.4, 0.5) is 0 Å². The summed E-state index contributed by atoms with van der Waals surface area (Å²) in [5, 5.41) is -0.256. The molecule has 140 valence electrons. The zero-order valence-electron chi connectivity index (χ0n) is 14.1. The highest BCUT2D eigenvalue weighted by Gasteiger charge is 2.37. The van der Waals surface area contributed by atoms with Gasteiger partial charge in [0.1, 0.15) is 0 Å². The predicted octanol–water partition coefficient (Wildman–Crippen LogP) is 1.33. The van der Waals surface area contributed by atoms with E-state index in [1.807, 2.05) is 6.92 Å². The molecule has 1 aromatic rings. The Bertz CT molecular complexity index is 792. The highest BCUT2D eigenvalue weighted by atomic mass is 32.2. The lowest BCUT2D eigenvalue weighted by molar-refractivity contribution is -0.0212. The minimum absolute atomic E-state index is 0.0711.